The molecule has 0 saturated heterocycles. The topological polar surface area (TPSA) is 4.41 Å². The van der Waals surface area contributed by atoms with Crippen molar-refractivity contribution in [3.05, 3.63) is 103 Å². The lowest BCUT2D eigenvalue weighted by molar-refractivity contribution is 1.38. The summed E-state index contributed by atoms with van der Waals surface area (Å²) < 4.78 is 2.49. The fraction of sp³-hybridized carbons (Fsp3) is 0. The van der Waals surface area contributed by atoms with Gasteiger partial charge in [0.2, 0.25) is 0 Å². The van der Waals surface area contributed by atoms with Crippen LogP contribution in [0.25, 0.3) is 70.4 Å². The van der Waals surface area contributed by atoms with Crippen LogP contribution in [-0.2, 0) is 0 Å². The minimum absolute atomic E-state index is 1.29. The lowest BCUT2D eigenvalue weighted by Gasteiger charge is -2.08. The van der Waals surface area contributed by atoms with Crippen LogP contribution in [0.4, 0.5) is 0 Å². The summed E-state index contributed by atoms with van der Waals surface area (Å²) in [6.07, 6.45) is 0. The van der Waals surface area contributed by atoms with E-state index in [1.54, 1.807) is 0 Å². The number of hydrogen-bond donors (Lipinski definition) is 0. The average Bonchev–Trinajstić information content (AvgIpc) is 3.35. The molecule has 2 heterocycles. The third kappa shape index (κ3) is 1.83. The molecule has 0 unspecified atom stereocenters. The fourth-order valence-corrected chi connectivity index (χ4v) is 5.74. The third-order valence-corrected chi connectivity index (χ3v) is 7.06. The van der Waals surface area contributed by atoms with E-state index in [0.29, 0.717) is 0 Å². The number of nitrogens with zero attached hydrogens (tertiary/aromatic N) is 1. The molecule has 0 aliphatic heterocycles. The lowest BCUT2D eigenvalue weighted by Crippen LogP contribution is -1.85. The summed E-state index contributed by atoms with van der Waals surface area (Å²) in [4.78, 5) is 0. The first kappa shape index (κ1) is 15.7. The Morgan fingerprint density at radius 2 is 0.935 bits per heavy atom. The summed E-state index contributed by atoms with van der Waals surface area (Å²) in [5.74, 6) is 0. The highest BCUT2D eigenvalue weighted by atomic mass is 14.9. The molecule has 0 amide bonds. The maximum Gasteiger partial charge on any atom is 0.0620 e. The predicted molar refractivity (Wildman–Crippen MR) is 134 cm³/mol. The van der Waals surface area contributed by atoms with Gasteiger partial charge in [-0.1, -0.05) is 84.9 Å². The van der Waals surface area contributed by atoms with Crippen molar-refractivity contribution in [1.82, 2.24) is 4.40 Å². The Labute approximate surface area is 178 Å². The third-order valence-electron chi connectivity index (χ3n) is 7.06. The number of hydrogen-bond acceptors (Lipinski definition) is 0. The standard InChI is InChI=1S/C30H17N/c1-2-7-21-18(6-1)12-13-19-17-27-20(16-26(19)21)14-15-25-24-10-5-9-23-22-8-3-4-11-28(22)31(29(23)24)30(25)27/h1-17H. The van der Waals surface area contributed by atoms with Gasteiger partial charge in [0.25, 0.3) is 0 Å². The SMILES string of the molecule is c1ccc2c(c1)ccc1cc3c(ccc4c5cccc6c7ccccc7n(c34)c65)cc12. The molecule has 0 bridgehead atoms. The van der Waals surface area contributed by atoms with Crippen LogP contribution < -0.4 is 0 Å². The highest BCUT2D eigenvalue weighted by Crippen LogP contribution is 2.42. The number of fused-ring (bicyclic) bond motifs is 11. The summed E-state index contributed by atoms with van der Waals surface area (Å²) in [7, 11) is 0. The summed E-state index contributed by atoms with van der Waals surface area (Å²) in [5.41, 5.74) is 3.94. The van der Waals surface area contributed by atoms with Gasteiger partial charge in [0.1, 0.15) is 0 Å². The largest absolute Gasteiger partial charge is 0.307 e. The molecule has 0 spiro atoms. The lowest BCUT2D eigenvalue weighted by atomic mass is 9.97. The monoisotopic (exact) mass is 391 g/mol. The van der Waals surface area contributed by atoms with E-state index in [0.717, 1.165) is 0 Å². The van der Waals surface area contributed by atoms with Crippen molar-refractivity contribution in [2.24, 2.45) is 0 Å². The molecule has 6 aromatic carbocycles. The van der Waals surface area contributed by atoms with E-state index in [1.165, 1.54) is 70.4 Å². The van der Waals surface area contributed by atoms with E-state index in [9.17, 15) is 0 Å². The van der Waals surface area contributed by atoms with Gasteiger partial charge in [-0.3, -0.25) is 0 Å². The zero-order valence-corrected chi connectivity index (χ0v) is 16.8. The molecule has 0 N–H and O–H groups in total. The van der Waals surface area contributed by atoms with E-state index in [1.807, 2.05) is 0 Å². The van der Waals surface area contributed by atoms with Crippen LogP contribution >= 0.6 is 0 Å². The molecular formula is C30H17N. The van der Waals surface area contributed by atoms with Gasteiger partial charge in [-0.15, -0.1) is 0 Å². The van der Waals surface area contributed by atoms with Gasteiger partial charge in [0.05, 0.1) is 16.6 Å². The summed E-state index contributed by atoms with van der Waals surface area (Å²) in [6, 6.07) is 38.1. The van der Waals surface area contributed by atoms with Crippen molar-refractivity contribution < 1.29 is 0 Å². The molecule has 1 heteroatoms. The molecule has 2 aromatic heterocycles. The molecule has 0 atom stereocenters. The number of benzene rings is 6. The van der Waals surface area contributed by atoms with E-state index >= 15 is 0 Å². The van der Waals surface area contributed by atoms with E-state index in [4.69, 9.17) is 0 Å². The van der Waals surface area contributed by atoms with E-state index < -0.39 is 0 Å². The van der Waals surface area contributed by atoms with E-state index in [2.05, 4.69) is 108 Å². The second-order valence-electron chi connectivity index (χ2n) is 8.60. The quantitative estimate of drug-likeness (QED) is 0.181. The maximum absolute atomic E-state index is 2.49. The second-order valence-corrected chi connectivity index (χ2v) is 8.60. The fourth-order valence-electron chi connectivity index (χ4n) is 5.74. The van der Waals surface area contributed by atoms with Crippen molar-refractivity contribution in [2.45, 2.75) is 0 Å². The van der Waals surface area contributed by atoms with Crippen LogP contribution in [-0.4, -0.2) is 4.40 Å². The Hall–Kier alpha value is -4.10. The predicted octanol–water partition coefficient (Wildman–Crippen LogP) is 8.30. The zero-order valence-electron chi connectivity index (χ0n) is 16.8. The molecular weight excluding hydrogens is 374 g/mol. The van der Waals surface area contributed by atoms with Crippen molar-refractivity contribution >= 4 is 70.4 Å². The van der Waals surface area contributed by atoms with Gasteiger partial charge < -0.3 is 4.40 Å². The highest BCUT2D eigenvalue weighted by Gasteiger charge is 2.18. The van der Waals surface area contributed by atoms with Gasteiger partial charge >= 0.3 is 0 Å². The first-order valence-electron chi connectivity index (χ1n) is 10.8. The summed E-state index contributed by atoms with van der Waals surface area (Å²) in [5, 5.41) is 13.2. The summed E-state index contributed by atoms with van der Waals surface area (Å²) >= 11 is 0. The van der Waals surface area contributed by atoms with Crippen molar-refractivity contribution in [3.63, 3.8) is 0 Å². The molecule has 142 valence electrons. The van der Waals surface area contributed by atoms with Crippen molar-refractivity contribution in [1.29, 1.82) is 0 Å². The normalized spacial score (nSPS) is 12.5. The Balaban J connectivity index is 1.67. The highest BCUT2D eigenvalue weighted by molar-refractivity contribution is 6.28. The minimum Gasteiger partial charge on any atom is -0.307 e. The van der Waals surface area contributed by atoms with Crippen LogP contribution in [0.3, 0.4) is 0 Å². The molecule has 8 aromatic rings. The number of para-hydroxylation sites is 2. The second kappa shape index (κ2) is 5.33. The first-order valence-corrected chi connectivity index (χ1v) is 10.8. The van der Waals surface area contributed by atoms with Gasteiger partial charge in [0, 0.05) is 26.9 Å². The zero-order chi connectivity index (χ0) is 20.1. The molecule has 0 saturated carbocycles. The molecule has 0 radical (unpaired) electrons. The Morgan fingerprint density at radius 3 is 1.87 bits per heavy atom. The Bertz CT molecular complexity index is 1990. The molecule has 31 heavy (non-hydrogen) atoms. The van der Waals surface area contributed by atoms with Crippen LogP contribution in [0.1, 0.15) is 0 Å². The summed E-state index contributed by atoms with van der Waals surface area (Å²) in [6.45, 7) is 0. The molecule has 0 aliphatic carbocycles. The van der Waals surface area contributed by atoms with Crippen LogP contribution in [0.15, 0.2) is 103 Å². The molecule has 8 rings (SSSR count). The minimum atomic E-state index is 1.29. The number of aromatic nitrogens is 1. The van der Waals surface area contributed by atoms with Gasteiger partial charge in [0.15, 0.2) is 0 Å². The van der Waals surface area contributed by atoms with E-state index in [-0.39, 0.29) is 0 Å². The van der Waals surface area contributed by atoms with Crippen LogP contribution in [0.2, 0.25) is 0 Å². The first-order chi connectivity index (χ1) is 15.4. The number of rotatable bonds is 0. The van der Waals surface area contributed by atoms with Crippen LogP contribution in [0, 0.1) is 0 Å². The van der Waals surface area contributed by atoms with Gasteiger partial charge in [-0.2, -0.15) is 0 Å². The van der Waals surface area contributed by atoms with Gasteiger partial charge in [-0.05, 0) is 45.1 Å². The van der Waals surface area contributed by atoms with Gasteiger partial charge in [-0.25, -0.2) is 0 Å². The van der Waals surface area contributed by atoms with Crippen molar-refractivity contribution in [2.75, 3.05) is 0 Å². The molecule has 0 fully saturated rings. The smallest absolute Gasteiger partial charge is 0.0620 e. The average molecular weight is 391 g/mol. The van der Waals surface area contributed by atoms with Crippen molar-refractivity contribution in [3.8, 4) is 0 Å². The maximum atomic E-state index is 2.49. The Morgan fingerprint density at radius 1 is 0.355 bits per heavy atom. The Kier molecular flexibility index (Phi) is 2.70. The molecule has 0 aliphatic rings. The molecule has 1 nitrogen and oxygen atoms in total. The van der Waals surface area contributed by atoms with Crippen LogP contribution in [0.5, 0.6) is 0 Å².